The minimum absolute atomic E-state index is 0.489. The van der Waals surface area contributed by atoms with Crippen LogP contribution in [0.1, 0.15) is 38.4 Å². The minimum Gasteiger partial charge on any atom is -0.388 e. The van der Waals surface area contributed by atoms with Crippen LogP contribution in [-0.2, 0) is 6.42 Å². The van der Waals surface area contributed by atoms with Gasteiger partial charge in [-0.25, -0.2) is 4.98 Å². The summed E-state index contributed by atoms with van der Waals surface area (Å²) in [5.41, 5.74) is -0.489. The van der Waals surface area contributed by atoms with E-state index in [0.717, 1.165) is 43.1 Å². The summed E-state index contributed by atoms with van der Waals surface area (Å²) >= 11 is 1.38. The van der Waals surface area contributed by atoms with Crippen molar-refractivity contribution < 1.29 is 5.11 Å². The first kappa shape index (κ1) is 10.8. The van der Waals surface area contributed by atoms with Gasteiger partial charge >= 0.3 is 0 Å². The Morgan fingerprint density at radius 1 is 1.53 bits per heavy atom. The normalized spacial score (nSPS) is 18.5. The van der Waals surface area contributed by atoms with Crippen molar-refractivity contribution in [1.29, 1.82) is 0 Å². The molecule has 0 atom stereocenters. The van der Waals surface area contributed by atoms with Crippen LogP contribution in [0.4, 0.5) is 5.13 Å². The number of nitrogens with zero attached hydrogens (tertiary/aromatic N) is 2. The molecule has 15 heavy (non-hydrogen) atoms. The van der Waals surface area contributed by atoms with Gasteiger partial charge < -0.3 is 10.4 Å². The summed E-state index contributed by atoms with van der Waals surface area (Å²) in [7, 11) is 0. The Morgan fingerprint density at radius 2 is 2.33 bits per heavy atom. The van der Waals surface area contributed by atoms with Crippen LogP contribution >= 0.6 is 11.5 Å². The van der Waals surface area contributed by atoms with Crippen LogP contribution < -0.4 is 5.32 Å². The van der Waals surface area contributed by atoms with E-state index in [1.165, 1.54) is 11.5 Å². The van der Waals surface area contributed by atoms with E-state index >= 15 is 0 Å². The third kappa shape index (κ3) is 2.66. The number of rotatable bonds is 5. The molecule has 1 heterocycles. The van der Waals surface area contributed by atoms with Crippen molar-refractivity contribution in [2.45, 2.75) is 44.6 Å². The Balaban J connectivity index is 1.82. The summed E-state index contributed by atoms with van der Waals surface area (Å²) in [6, 6.07) is 0. The van der Waals surface area contributed by atoms with Gasteiger partial charge in [0, 0.05) is 24.5 Å². The molecule has 4 nitrogen and oxygen atoms in total. The summed E-state index contributed by atoms with van der Waals surface area (Å²) in [5.74, 6) is 0.908. The van der Waals surface area contributed by atoms with Gasteiger partial charge in [-0.15, -0.1) is 0 Å². The number of hydrogen-bond donors (Lipinski definition) is 2. The molecule has 0 spiro atoms. The molecule has 1 fully saturated rings. The maximum atomic E-state index is 9.88. The summed E-state index contributed by atoms with van der Waals surface area (Å²) in [5, 5.41) is 13.9. The average molecular weight is 227 g/mol. The molecule has 0 unspecified atom stereocenters. The summed E-state index contributed by atoms with van der Waals surface area (Å²) in [4.78, 5) is 4.35. The number of anilines is 1. The van der Waals surface area contributed by atoms with Crippen molar-refractivity contribution in [2.24, 2.45) is 0 Å². The smallest absolute Gasteiger partial charge is 0.202 e. The second kappa shape index (κ2) is 4.45. The summed E-state index contributed by atoms with van der Waals surface area (Å²) < 4.78 is 4.24. The lowest BCUT2D eigenvalue weighted by molar-refractivity contribution is -0.0202. The van der Waals surface area contributed by atoms with Gasteiger partial charge in [0.15, 0.2) is 0 Å². The van der Waals surface area contributed by atoms with Crippen molar-refractivity contribution in [3.8, 4) is 0 Å². The lowest BCUT2D eigenvalue weighted by Crippen LogP contribution is -2.43. The van der Waals surface area contributed by atoms with Gasteiger partial charge in [-0.3, -0.25) is 0 Å². The highest BCUT2D eigenvalue weighted by Crippen LogP contribution is 2.31. The molecule has 84 valence electrons. The standard InChI is InChI=1S/C10H17N3OS/c1-2-4-8-12-9(15-13-8)11-7-10(14)5-3-6-10/h14H,2-7H2,1H3,(H,11,12,13). The molecule has 1 saturated carbocycles. The molecule has 0 amide bonds. The fourth-order valence-corrected chi connectivity index (χ4v) is 2.26. The minimum atomic E-state index is -0.489. The van der Waals surface area contributed by atoms with Crippen LogP contribution in [0.2, 0.25) is 0 Å². The molecule has 0 radical (unpaired) electrons. The topological polar surface area (TPSA) is 58.0 Å². The van der Waals surface area contributed by atoms with E-state index in [0.29, 0.717) is 6.54 Å². The zero-order valence-electron chi connectivity index (χ0n) is 8.99. The lowest BCUT2D eigenvalue weighted by atomic mass is 9.80. The first-order valence-corrected chi connectivity index (χ1v) is 6.28. The molecular formula is C10H17N3OS. The Morgan fingerprint density at radius 3 is 2.93 bits per heavy atom. The third-order valence-electron chi connectivity index (χ3n) is 2.79. The molecule has 0 aromatic carbocycles. The molecule has 5 heteroatoms. The molecule has 0 bridgehead atoms. The number of hydrogen-bond acceptors (Lipinski definition) is 5. The molecule has 1 aromatic rings. The highest BCUT2D eigenvalue weighted by molar-refractivity contribution is 7.09. The quantitative estimate of drug-likeness (QED) is 0.805. The monoisotopic (exact) mass is 227 g/mol. The third-order valence-corrected chi connectivity index (χ3v) is 3.51. The number of aromatic nitrogens is 2. The van der Waals surface area contributed by atoms with Crippen molar-refractivity contribution in [1.82, 2.24) is 9.36 Å². The van der Waals surface area contributed by atoms with Gasteiger partial charge in [-0.05, 0) is 25.7 Å². The van der Waals surface area contributed by atoms with E-state index in [4.69, 9.17) is 0 Å². The average Bonchev–Trinajstić information content (AvgIpc) is 2.60. The maximum absolute atomic E-state index is 9.88. The van der Waals surface area contributed by atoms with Crippen LogP contribution in [0.25, 0.3) is 0 Å². The van der Waals surface area contributed by atoms with Gasteiger partial charge in [-0.1, -0.05) is 6.92 Å². The Hall–Kier alpha value is -0.680. The molecule has 1 aliphatic rings. The molecule has 1 aliphatic carbocycles. The zero-order chi connectivity index (χ0) is 10.7. The van der Waals surface area contributed by atoms with Gasteiger partial charge in [0.05, 0.1) is 5.60 Å². The van der Waals surface area contributed by atoms with Crippen LogP contribution in [-0.4, -0.2) is 26.6 Å². The second-order valence-electron chi connectivity index (χ2n) is 4.20. The van der Waals surface area contributed by atoms with Crippen LogP contribution in [0.3, 0.4) is 0 Å². The van der Waals surface area contributed by atoms with Crippen molar-refractivity contribution in [3.05, 3.63) is 5.82 Å². The number of aryl methyl sites for hydroxylation is 1. The predicted molar refractivity (Wildman–Crippen MR) is 61.2 cm³/mol. The van der Waals surface area contributed by atoms with Crippen LogP contribution in [0.15, 0.2) is 0 Å². The molecule has 2 rings (SSSR count). The number of nitrogens with one attached hydrogen (secondary N) is 1. The predicted octanol–water partition coefficient (Wildman–Crippen LogP) is 1.82. The second-order valence-corrected chi connectivity index (χ2v) is 4.95. The molecule has 2 N–H and O–H groups in total. The zero-order valence-corrected chi connectivity index (χ0v) is 9.81. The fourth-order valence-electron chi connectivity index (χ4n) is 1.65. The van der Waals surface area contributed by atoms with E-state index in [2.05, 4.69) is 21.6 Å². The van der Waals surface area contributed by atoms with E-state index in [1.807, 2.05) is 0 Å². The van der Waals surface area contributed by atoms with E-state index in [9.17, 15) is 5.11 Å². The largest absolute Gasteiger partial charge is 0.388 e. The molecule has 1 aromatic heterocycles. The lowest BCUT2D eigenvalue weighted by Gasteiger charge is -2.36. The van der Waals surface area contributed by atoms with Gasteiger partial charge in [0.25, 0.3) is 0 Å². The Kier molecular flexibility index (Phi) is 3.21. The van der Waals surface area contributed by atoms with Crippen molar-refractivity contribution in [2.75, 3.05) is 11.9 Å². The molecule has 0 saturated heterocycles. The van der Waals surface area contributed by atoms with E-state index in [1.54, 1.807) is 0 Å². The Labute approximate surface area is 93.9 Å². The van der Waals surface area contributed by atoms with E-state index in [-0.39, 0.29) is 0 Å². The molecular weight excluding hydrogens is 210 g/mol. The summed E-state index contributed by atoms with van der Waals surface area (Å²) in [6.45, 7) is 2.72. The fraction of sp³-hybridized carbons (Fsp3) is 0.800. The SMILES string of the molecule is CCCc1nsc(NCC2(O)CCC2)n1. The van der Waals surface area contributed by atoms with E-state index < -0.39 is 5.60 Å². The first-order chi connectivity index (χ1) is 7.22. The highest BCUT2D eigenvalue weighted by Gasteiger charge is 2.34. The van der Waals surface area contributed by atoms with Gasteiger partial charge in [-0.2, -0.15) is 4.37 Å². The number of aliphatic hydroxyl groups is 1. The highest BCUT2D eigenvalue weighted by atomic mass is 32.1. The van der Waals surface area contributed by atoms with Crippen LogP contribution in [0, 0.1) is 0 Å². The maximum Gasteiger partial charge on any atom is 0.202 e. The molecule has 0 aliphatic heterocycles. The first-order valence-electron chi connectivity index (χ1n) is 5.51. The Bertz CT molecular complexity index is 322. The summed E-state index contributed by atoms with van der Waals surface area (Å²) in [6.07, 6.45) is 4.94. The van der Waals surface area contributed by atoms with Crippen molar-refractivity contribution in [3.63, 3.8) is 0 Å². The van der Waals surface area contributed by atoms with Gasteiger partial charge in [0.1, 0.15) is 5.82 Å². The van der Waals surface area contributed by atoms with Gasteiger partial charge in [0.2, 0.25) is 5.13 Å². The van der Waals surface area contributed by atoms with Crippen molar-refractivity contribution >= 4 is 16.7 Å². The van der Waals surface area contributed by atoms with Crippen LogP contribution in [0.5, 0.6) is 0 Å².